The summed E-state index contributed by atoms with van der Waals surface area (Å²) in [5, 5.41) is 3.72. The van der Waals surface area contributed by atoms with Gasteiger partial charge in [0.25, 0.3) is 0 Å². The molecule has 2 aliphatic rings. The number of nitrogens with zero attached hydrogens (tertiary/aromatic N) is 2. The molecule has 1 heterocycles. The van der Waals surface area contributed by atoms with E-state index in [9.17, 15) is 0 Å². The van der Waals surface area contributed by atoms with Crippen molar-refractivity contribution in [3.63, 3.8) is 0 Å². The Morgan fingerprint density at radius 2 is 2.12 bits per heavy atom. The fourth-order valence-corrected chi connectivity index (χ4v) is 2.66. The highest BCUT2D eigenvalue weighted by atomic mass is 15.2. The number of rotatable bonds is 5. The molecule has 16 heavy (non-hydrogen) atoms. The molecule has 0 aromatic heterocycles. The van der Waals surface area contributed by atoms with Crippen molar-refractivity contribution in [1.82, 2.24) is 15.1 Å². The third-order valence-corrected chi connectivity index (χ3v) is 4.41. The summed E-state index contributed by atoms with van der Waals surface area (Å²) < 4.78 is 0. The lowest BCUT2D eigenvalue weighted by molar-refractivity contribution is 0.235. The first kappa shape index (κ1) is 12.3. The number of likely N-dealkylation sites (N-methyl/N-ethyl adjacent to an activating group) is 2. The molecule has 3 nitrogen and oxygen atoms in total. The van der Waals surface area contributed by atoms with Crippen molar-refractivity contribution < 1.29 is 0 Å². The van der Waals surface area contributed by atoms with Crippen molar-refractivity contribution >= 4 is 0 Å². The number of nitrogens with one attached hydrogen (secondary N) is 1. The average Bonchev–Trinajstić information content (AvgIpc) is 3.03. The Balaban J connectivity index is 1.67. The molecule has 0 bridgehead atoms. The van der Waals surface area contributed by atoms with E-state index in [0.29, 0.717) is 12.1 Å². The van der Waals surface area contributed by atoms with Gasteiger partial charge in [0.2, 0.25) is 0 Å². The molecule has 0 spiro atoms. The minimum Gasteiger partial charge on any atom is -0.311 e. The first-order valence-electron chi connectivity index (χ1n) is 6.73. The molecule has 2 rings (SSSR count). The fraction of sp³-hybridized carbons (Fsp3) is 1.00. The Hall–Kier alpha value is -0.120. The summed E-state index contributed by atoms with van der Waals surface area (Å²) in [4.78, 5) is 4.99. The van der Waals surface area contributed by atoms with E-state index in [-0.39, 0.29) is 0 Å². The largest absolute Gasteiger partial charge is 0.311 e. The van der Waals surface area contributed by atoms with Crippen molar-refractivity contribution in [3.8, 4) is 0 Å². The zero-order chi connectivity index (χ0) is 11.7. The van der Waals surface area contributed by atoms with Gasteiger partial charge in [-0.25, -0.2) is 0 Å². The third kappa shape index (κ3) is 2.96. The van der Waals surface area contributed by atoms with Gasteiger partial charge in [0, 0.05) is 37.3 Å². The highest BCUT2D eigenvalue weighted by Crippen LogP contribution is 2.26. The summed E-state index contributed by atoms with van der Waals surface area (Å²) in [6, 6.07) is 3.00. The molecule has 2 fully saturated rings. The molecule has 1 saturated heterocycles. The maximum atomic E-state index is 3.72. The van der Waals surface area contributed by atoms with Crippen LogP contribution in [0.4, 0.5) is 0 Å². The van der Waals surface area contributed by atoms with Crippen LogP contribution in [0.25, 0.3) is 0 Å². The topological polar surface area (TPSA) is 18.5 Å². The lowest BCUT2D eigenvalue weighted by Crippen LogP contribution is -2.43. The van der Waals surface area contributed by atoms with E-state index in [2.05, 4.69) is 43.1 Å². The summed E-state index contributed by atoms with van der Waals surface area (Å²) in [7, 11) is 4.50. The predicted molar refractivity (Wildman–Crippen MR) is 68.7 cm³/mol. The van der Waals surface area contributed by atoms with Gasteiger partial charge in [-0.15, -0.1) is 0 Å². The third-order valence-electron chi connectivity index (χ3n) is 4.41. The molecule has 0 aromatic rings. The molecule has 3 heteroatoms. The van der Waals surface area contributed by atoms with E-state index in [0.717, 1.165) is 18.6 Å². The predicted octanol–water partition coefficient (Wildman–Crippen LogP) is 1.15. The van der Waals surface area contributed by atoms with Crippen LogP contribution >= 0.6 is 0 Å². The van der Waals surface area contributed by atoms with Crippen LogP contribution in [0.5, 0.6) is 0 Å². The van der Waals surface area contributed by atoms with Crippen LogP contribution in [-0.4, -0.2) is 61.2 Å². The van der Waals surface area contributed by atoms with Gasteiger partial charge >= 0.3 is 0 Å². The smallest absolute Gasteiger partial charge is 0.0210 e. The lowest BCUT2D eigenvalue weighted by atomic mass is 10.2. The van der Waals surface area contributed by atoms with Gasteiger partial charge in [0.15, 0.2) is 0 Å². The first-order chi connectivity index (χ1) is 7.58. The molecule has 1 saturated carbocycles. The van der Waals surface area contributed by atoms with Crippen molar-refractivity contribution in [3.05, 3.63) is 0 Å². The standard InChI is InChI=1S/C13H27N3/c1-10-7-12(9-15(10)3)14-8-11(2)16(4)13-5-6-13/h10-14H,5-9H2,1-4H3. The summed E-state index contributed by atoms with van der Waals surface area (Å²) in [6.45, 7) is 7.01. The zero-order valence-electron chi connectivity index (χ0n) is 11.2. The molecule has 0 amide bonds. The van der Waals surface area contributed by atoms with Gasteiger partial charge in [0.05, 0.1) is 0 Å². The van der Waals surface area contributed by atoms with E-state index in [4.69, 9.17) is 0 Å². The normalized spacial score (nSPS) is 33.6. The highest BCUT2D eigenvalue weighted by molar-refractivity contribution is 4.88. The minimum atomic E-state index is 0.675. The number of likely N-dealkylation sites (tertiary alicyclic amines) is 1. The van der Waals surface area contributed by atoms with Crippen molar-refractivity contribution in [2.75, 3.05) is 27.2 Å². The average molecular weight is 225 g/mol. The Labute approximate surface area is 100 Å². The van der Waals surface area contributed by atoms with E-state index in [1.165, 1.54) is 25.8 Å². The quantitative estimate of drug-likeness (QED) is 0.757. The molecule has 1 aliphatic heterocycles. The molecule has 1 aliphatic carbocycles. The molecule has 1 N–H and O–H groups in total. The van der Waals surface area contributed by atoms with Crippen LogP contribution in [0, 0.1) is 0 Å². The van der Waals surface area contributed by atoms with Gasteiger partial charge < -0.3 is 10.2 Å². The van der Waals surface area contributed by atoms with E-state index >= 15 is 0 Å². The summed E-state index contributed by atoms with van der Waals surface area (Å²) in [5.41, 5.74) is 0. The SMILES string of the molecule is CC1CC(NCC(C)N(C)C2CC2)CN1C. The maximum absolute atomic E-state index is 3.72. The van der Waals surface area contributed by atoms with Gasteiger partial charge in [-0.2, -0.15) is 0 Å². The Morgan fingerprint density at radius 3 is 2.62 bits per heavy atom. The van der Waals surface area contributed by atoms with Crippen molar-refractivity contribution in [2.24, 2.45) is 0 Å². The second-order valence-electron chi connectivity index (χ2n) is 5.88. The molecular weight excluding hydrogens is 198 g/mol. The number of hydrogen-bond donors (Lipinski definition) is 1. The molecular formula is C13H27N3. The summed E-state index contributed by atoms with van der Waals surface area (Å²) in [6.07, 6.45) is 4.12. The highest BCUT2D eigenvalue weighted by Gasteiger charge is 2.30. The fourth-order valence-electron chi connectivity index (χ4n) is 2.66. The zero-order valence-corrected chi connectivity index (χ0v) is 11.2. The molecule has 0 radical (unpaired) electrons. The number of hydrogen-bond acceptors (Lipinski definition) is 3. The Morgan fingerprint density at radius 1 is 1.44 bits per heavy atom. The first-order valence-corrected chi connectivity index (χ1v) is 6.73. The Bertz CT molecular complexity index is 215. The molecule has 0 aromatic carbocycles. The van der Waals surface area contributed by atoms with E-state index < -0.39 is 0 Å². The molecule has 3 atom stereocenters. The van der Waals surface area contributed by atoms with Crippen LogP contribution in [0.3, 0.4) is 0 Å². The van der Waals surface area contributed by atoms with Crippen LogP contribution in [-0.2, 0) is 0 Å². The summed E-state index contributed by atoms with van der Waals surface area (Å²) >= 11 is 0. The second kappa shape index (κ2) is 5.03. The monoisotopic (exact) mass is 225 g/mol. The van der Waals surface area contributed by atoms with Gasteiger partial charge in [-0.05, 0) is 47.2 Å². The van der Waals surface area contributed by atoms with Crippen LogP contribution in [0.1, 0.15) is 33.1 Å². The van der Waals surface area contributed by atoms with Gasteiger partial charge in [-0.1, -0.05) is 0 Å². The van der Waals surface area contributed by atoms with Gasteiger partial charge in [-0.3, -0.25) is 4.90 Å². The van der Waals surface area contributed by atoms with Crippen LogP contribution in [0.15, 0.2) is 0 Å². The van der Waals surface area contributed by atoms with Crippen molar-refractivity contribution in [1.29, 1.82) is 0 Å². The van der Waals surface area contributed by atoms with Gasteiger partial charge in [0.1, 0.15) is 0 Å². The molecule has 3 unspecified atom stereocenters. The lowest BCUT2D eigenvalue weighted by Gasteiger charge is -2.26. The van der Waals surface area contributed by atoms with Crippen molar-refractivity contribution in [2.45, 2.75) is 57.3 Å². The summed E-state index contributed by atoms with van der Waals surface area (Å²) in [5.74, 6) is 0. The second-order valence-corrected chi connectivity index (χ2v) is 5.88. The Kier molecular flexibility index (Phi) is 3.88. The molecule has 94 valence electrons. The van der Waals surface area contributed by atoms with Crippen LogP contribution < -0.4 is 5.32 Å². The maximum Gasteiger partial charge on any atom is 0.0210 e. The van der Waals surface area contributed by atoms with E-state index in [1.54, 1.807) is 0 Å². The minimum absolute atomic E-state index is 0.675. The van der Waals surface area contributed by atoms with Crippen LogP contribution in [0.2, 0.25) is 0 Å². The van der Waals surface area contributed by atoms with E-state index in [1.807, 2.05) is 0 Å².